The van der Waals surface area contributed by atoms with Crippen molar-refractivity contribution in [3.8, 4) is 0 Å². The van der Waals surface area contributed by atoms with Crippen LogP contribution in [0.5, 0.6) is 0 Å². The number of methoxy groups -OCH3 is 1. The van der Waals surface area contributed by atoms with Crippen molar-refractivity contribution >= 4 is 17.3 Å². The van der Waals surface area contributed by atoms with Crippen LogP contribution in [0, 0.1) is 0 Å². The Morgan fingerprint density at radius 3 is 3.00 bits per heavy atom. The highest BCUT2D eigenvalue weighted by Crippen LogP contribution is 1.87. The maximum atomic E-state index is 5.10. The maximum Gasteiger partial charge on any atom is 0.166 e. The predicted octanol–water partition coefficient (Wildman–Crippen LogP) is 0.453. The average Bonchev–Trinajstić information content (AvgIpc) is 2.77. The van der Waals surface area contributed by atoms with Gasteiger partial charge in [-0.25, -0.2) is 4.98 Å². The highest BCUT2D eigenvalue weighted by molar-refractivity contribution is 7.80. The van der Waals surface area contributed by atoms with Crippen LogP contribution in [-0.2, 0) is 11.2 Å². The average molecular weight is 242 g/mol. The fourth-order valence-corrected chi connectivity index (χ4v) is 1.41. The van der Waals surface area contributed by atoms with E-state index >= 15 is 0 Å². The maximum absolute atomic E-state index is 5.10. The summed E-state index contributed by atoms with van der Waals surface area (Å²) in [6.07, 6.45) is 5.36. The number of nitrogens with one attached hydrogen (secondary N) is 3. The Bertz CT molecular complexity index is 289. The van der Waals surface area contributed by atoms with Gasteiger partial charge in [-0.1, -0.05) is 0 Å². The summed E-state index contributed by atoms with van der Waals surface area (Å²) in [5.74, 6) is 0.967. The highest BCUT2D eigenvalue weighted by atomic mass is 32.1. The first-order valence-corrected chi connectivity index (χ1v) is 5.72. The standard InChI is InChI=1S/C10H18N4OS/c1-15-8-2-4-13-10(16)14-5-3-9-11-6-7-12-9/h6-7H,2-5,8H2,1H3,(H,11,12)(H2,13,14,16). The lowest BCUT2D eigenvalue weighted by atomic mass is 10.4. The summed E-state index contributed by atoms with van der Waals surface area (Å²) in [7, 11) is 1.69. The Labute approximate surface area is 101 Å². The number of aromatic amines is 1. The van der Waals surface area contributed by atoms with Crippen molar-refractivity contribution in [3.05, 3.63) is 18.2 Å². The molecule has 0 saturated carbocycles. The lowest BCUT2D eigenvalue weighted by molar-refractivity contribution is 0.195. The van der Waals surface area contributed by atoms with E-state index in [4.69, 9.17) is 17.0 Å². The van der Waals surface area contributed by atoms with Crippen LogP contribution in [0.15, 0.2) is 12.4 Å². The third kappa shape index (κ3) is 5.67. The molecule has 1 heterocycles. The fourth-order valence-electron chi connectivity index (χ4n) is 1.21. The molecule has 0 aliphatic heterocycles. The second-order valence-corrected chi connectivity index (χ2v) is 3.72. The van der Waals surface area contributed by atoms with Gasteiger partial charge < -0.3 is 20.4 Å². The van der Waals surface area contributed by atoms with Gasteiger partial charge in [0.15, 0.2) is 5.11 Å². The van der Waals surface area contributed by atoms with Crippen molar-refractivity contribution in [2.75, 3.05) is 26.8 Å². The molecule has 1 aromatic rings. The quantitative estimate of drug-likeness (QED) is 0.479. The Balaban J connectivity index is 1.98. The van der Waals surface area contributed by atoms with Crippen molar-refractivity contribution < 1.29 is 4.74 Å². The third-order valence-corrected chi connectivity index (χ3v) is 2.30. The second kappa shape index (κ2) is 8.06. The molecular weight excluding hydrogens is 224 g/mol. The zero-order chi connectivity index (χ0) is 11.6. The lowest BCUT2D eigenvalue weighted by Gasteiger charge is -2.09. The number of nitrogens with zero attached hydrogens (tertiary/aromatic N) is 1. The number of aromatic nitrogens is 2. The number of hydrogen-bond acceptors (Lipinski definition) is 3. The van der Waals surface area contributed by atoms with E-state index in [9.17, 15) is 0 Å². The molecule has 0 amide bonds. The van der Waals surface area contributed by atoms with Crippen LogP contribution in [-0.4, -0.2) is 41.9 Å². The first kappa shape index (κ1) is 12.9. The van der Waals surface area contributed by atoms with Crippen molar-refractivity contribution in [2.24, 2.45) is 0 Å². The van der Waals surface area contributed by atoms with Crippen LogP contribution in [0.4, 0.5) is 0 Å². The molecule has 0 spiro atoms. The molecule has 0 radical (unpaired) electrons. The zero-order valence-electron chi connectivity index (χ0n) is 9.45. The Hall–Kier alpha value is -1.14. The molecule has 1 rings (SSSR count). The molecule has 0 bridgehead atoms. The molecule has 16 heavy (non-hydrogen) atoms. The van der Waals surface area contributed by atoms with Gasteiger partial charge in [-0.3, -0.25) is 0 Å². The summed E-state index contributed by atoms with van der Waals surface area (Å²) < 4.78 is 4.94. The van der Waals surface area contributed by atoms with Gasteiger partial charge >= 0.3 is 0 Å². The van der Waals surface area contributed by atoms with Gasteiger partial charge in [-0.15, -0.1) is 0 Å². The van der Waals surface area contributed by atoms with Gasteiger partial charge in [0.1, 0.15) is 5.82 Å². The molecule has 0 atom stereocenters. The minimum atomic E-state index is 0.683. The molecule has 0 aliphatic rings. The number of H-pyrrole nitrogens is 1. The Kier molecular flexibility index (Phi) is 6.52. The van der Waals surface area contributed by atoms with E-state index in [0.29, 0.717) is 5.11 Å². The van der Waals surface area contributed by atoms with Crippen LogP contribution in [0.3, 0.4) is 0 Å². The summed E-state index contributed by atoms with van der Waals surface area (Å²) in [6, 6.07) is 0. The first-order valence-electron chi connectivity index (χ1n) is 5.32. The Morgan fingerprint density at radius 2 is 2.31 bits per heavy atom. The highest BCUT2D eigenvalue weighted by Gasteiger charge is 1.96. The van der Waals surface area contributed by atoms with E-state index in [1.807, 2.05) is 6.20 Å². The molecule has 0 saturated heterocycles. The second-order valence-electron chi connectivity index (χ2n) is 3.31. The van der Waals surface area contributed by atoms with Crippen LogP contribution < -0.4 is 10.6 Å². The molecule has 0 aromatic carbocycles. The molecule has 90 valence electrons. The largest absolute Gasteiger partial charge is 0.385 e. The van der Waals surface area contributed by atoms with Crippen molar-refractivity contribution in [3.63, 3.8) is 0 Å². The third-order valence-electron chi connectivity index (χ3n) is 2.01. The SMILES string of the molecule is COCCCNC(=S)NCCc1ncc[nH]1. The van der Waals surface area contributed by atoms with E-state index in [2.05, 4.69) is 20.6 Å². The smallest absolute Gasteiger partial charge is 0.166 e. The van der Waals surface area contributed by atoms with Gasteiger partial charge in [0.2, 0.25) is 0 Å². The van der Waals surface area contributed by atoms with Gasteiger partial charge in [0.05, 0.1) is 0 Å². The number of hydrogen-bond donors (Lipinski definition) is 3. The number of imidazole rings is 1. The molecule has 3 N–H and O–H groups in total. The lowest BCUT2D eigenvalue weighted by Crippen LogP contribution is -2.37. The summed E-state index contributed by atoms with van der Waals surface area (Å²) in [4.78, 5) is 7.16. The van der Waals surface area contributed by atoms with E-state index < -0.39 is 0 Å². The topological polar surface area (TPSA) is 62.0 Å². The molecule has 0 aliphatic carbocycles. The number of thiocarbonyl (C=S) groups is 1. The predicted molar refractivity (Wildman–Crippen MR) is 67.4 cm³/mol. The van der Waals surface area contributed by atoms with E-state index in [-0.39, 0.29) is 0 Å². The molecule has 6 heteroatoms. The molecule has 0 unspecified atom stereocenters. The normalized spacial score (nSPS) is 10.1. The van der Waals surface area contributed by atoms with Gasteiger partial charge in [-0.05, 0) is 18.6 Å². The van der Waals surface area contributed by atoms with E-state index in [0.717, 1.165) is 38.4 Å². The minimum absolute atomic E-state index is 0.683. The summed E-state index contributed by atoms with van der Waals surface area (Å²) in [5, 5.41) is 6.91. The molecular formula is C10H18N4OS. The molecule has 5 nitrogen and oxygen atoms in total. The monoisotopic (exact) mass is 242 g/mol. The molecule has 0 fully saturated rings. The van der Waals surface area contributed by atoms with Crippen LogP contribution in [0.1, 0.15) is 12.2 Å². The Morgan fingerprint density at radius 1 is 1.50 bits per heavy atom. The van der Waals surface area contributed by atoms with Gasteiger partial charge in [-0.2, -0.15) is 0 Å². The zero-order valence-corrected chi connectivity index (χ0v) is 10.3. The minimum Gasteiger partial charge on any atom is -0.385 e. The molecule has 1 aromatic heterocycles. The van der Waals surface area contributed by atoms with Crippen molar-refractivity contribution in [1.82, 2.24) is 20.6 Å². The summed E-state index contributed by atoms with van der Waals surface area (Å²) in [5.41, 5.74) is 0. The van der Waals surface area contributed by atoms with Gasteiger partial charge in [0, 0.05) is 45.6 Å². The van der Waals surface area contributed by atoms with Gasteiger partial charge in [0.25, 0.3) is 0 Å². The van der Waals surface area contributed by atoms with Crippen LogP contribution in [0.2, 0.25) is 0 Å². The van der Waals surface area contributed by atoms with Crippen LogP contribution in [0.25, 0.3) is 0 Å². The summed E-state index contributed by atoms with van der Waals surface area (Å²) in [6.45, 7) is 2.37. The van der Waals surface area contributed by atoms with E-state index in [1.165, 1.54) is 0 Å². The fraction of sp³-hybridized carbons (Fsp3) is 0.600. The van der Waals surface area contributed by atoms with E-state index in [1.54, 1.807) is 13.3 Å². The number of rotatable bonds is 7. The number of ether oxygens (including phenoxy) is 1. The summed E-state index contributed by atoms with van der Waals surface area (Å²) >= 11 is 5.10. The van der Waals surface area contributed by atoms with Crippen LogP contribution >= 0.6 is 12.2 Å². The van der Waals surface area contributed by atoms with Crippen molar-refractivity contribution in [1.29, 1.82) is 0 Å². The van der Waals surface area contributed by atoms with Crippen molar-refractivity contribution in [2.45, 2.75) is 12.8 Å². The first-order chi connectivity index (χ1) is 7.83.